The van der Waals surface area contributed by atoms with Gasteiger partial charge in [-0.1, -0.05) is 13.0 Å². The van der Waals surface area contributed by atoms with E-state index in [0.717, 1.165) is 31.1 Å². The Bertz CT molecular complexity index is 369. The van der Waals surface area contributed by atoms with E-state index in [0.29, 0.717) is 12.5 Å². The van der Waals surface area contributed by atoms with Crippen molar-refractivity contribution in [2.24, 2.45) is 5.92 Å². The molecule has 0 amide bonds. The van der Waals surface area contributed by atoms with Gasteiger partial charge in [-0.2, -0.15) is 0 Å². The molecule has 0 spiro atoms. The first-order valence-electron chi connectivity index (χ1n) is 6.34. The van der Waals surface area contributed by atoms with Crippen LogP contribution in [-0.2, 0) is 0 Å². The highest BCUT2D eigenvalue weighted by Crippen LogP contribution is 2.22. The molecule has 17 heavy (non-hydrogen) atoms. The number of piperidine rings is 1. The van der Waals surface area contributed by atoms with Gasteiger partial charge in [0.2, 0.25) is 0 Å². The Morgan fingerprint density at radius 3 is 3.06 bits per heavy atom. The molecule has 2 atom stereocenters. The average Bonchev–Trinajstić information content (AvgIpc) is 2.33. The normalized spacial score (nSPS) is 24.8. The quantitative estimate of drug-likeness (QED) is 0.837. The van der Waals surface area contributed by atoms with Crippen LogP contribution in [-0.4, -0.2) is 35.8 Å². The number of aliphatic hydroxyl groups excluding tert-OH is 1. The van der Waals surface area contributed by atoms with Crippen LogP contribution in [0.1, 0.15) is 20.3 Å². The first-order valence-corrected chi connectivity index (χ1v) is 6.34. The van der Waals surface area contributed by atoms with Gasteiger partial charge in [0, 0.05) is 19.6 Å². The molecule has 0 aromatic carbocycles. The highest BCUT2D eigenvalue weighted by atomic mass is 16.3. The van der Waals surface area contributed by atoms with E-state index in [4.69, 9.17) is 0 Å². The number of nitrogens with one attached hydrogen (secondary N) is 1. The molecule has 0 radical (unpaired) electrons. The molecule has 1 aliphatic heterocycles. The topological polar surface area (TPSA) is 48.4 Å². The van der Waals surface area contributed by atoms with Crippen LogP contribution in [0.4, 0.5) is 11.6 Å². The largest absolute Gasteiger partial charge is 0.391 e. The summed E-state index contributed by atoms with van der Waals surface area (Å²) in [6, 6.07) is 5.98. The zero-order valence-corrected chi connectivity index (χ0v) is 10.6. The molecular weight excluding hydrogens is 214 g/mol. The van der Waals surface area contributed by atoms with Crippen molar-refractivity contribution in [1.82, 2.24) is 4.98 Å². The zero-order valence-electron chi connectivity index (χ0n) is 10.6. The minimum atomic E-state index is -0.242. The van der Waals surface area contributed by atoms with Crippen molar-refractivity contribution >= 4 is 11.6 Å². The molecule has 4 nitrogen and oxygen atoms in total. The summed E-state index contributed by atoms with van der Waals surface area (Å²) in [7, 11) is 0. The first kappa shape index (κ1) is 12.2. The van der Waals surface area contributed by atoms with Gasteiger partial charge in [-0.15, -0.1) is 0 Å². The van der Waals surface area contributed by atoms with Crippen molar-refractivity contribution < 1.29 is 5.11 Å². The Labute approximate surface area is 103 Å². The van der Waals surface area contributed by atoms with Gasteiger partial charge in [0.1, 0.15) is 11.6 Å². The molecule has 1 aromatic rings. The molecule has 94 valence electrons. The SMILES string of the molecule is CCNc1cccc(N2CCC(C)C(O)C2)n1. The van der Waals surface area contributed by atoms with Crippen LogP contribution in [0.15, 0.2) is 18.2 Å². The summed E-state index contributed by atoms with van der Waals surface area (Å²) >= 11 is 0. The monoisotopic (exact) mass is 235 g/mol. The number of β-amino-alcohol motifs (C(OH)–C–C–N with tert-alkyl or cyclic N) is 1. The van der Waals surface area contributed by atoms with Crippen LogP contribution in [0.5, 0.6) is 0 Å². The maximum atomic E-state index is 9.90. The van der Waals surface area contributed by atoms with Gasteiger partial charge in [0.25, 0.3) is 0 Å². The van der Waals surface area contributed by atoms with E-state index >= 15 is 0 Å². The summed E-state index contributed by atoms with van der Waals surface area (Å²) in [4.78, 5) is 6.71. The van der Waals surface area contributed by atoms with Gasteiger partial charge in [-0.05, 0) is 31.4 Å². The minimum Gasteiger partial charge on any atom is -0.391 e. The van der Waals surface area contributed by atoms with E-state index in [2.05, 4.69) is 29.0 Å². The highest BCUT2D eigenvalue weighted by Gasteiger charge is 2.24. The number of rotatable bonds is 3. The molecule has 1 fully saturated rings. The first-order chi connectivity index (χ1) is 8.20. The molecular formula is C13H21N3O. The third-order valence-electron chi connectivity index (χ3n) is 3.33. The number of hydrogen-bond donors (Lipinski definition) is 2. The second kappa shape index (κ2) is 5.36. The summed E-state index contributed by atoms with van der Waals surface area (Å²) in [5.41, 5.74) is 0. The smallest absolute Gasteiger partial charge is 0.131 e. The van der Waals surface area contributed by atoms with Crippen LogP contribution >= 0.6 is 0 Å². The van der Waals surface area contributed by atoms with E-state index in [1.807, 2.05) is 18.2 Å². The number of anilines is 2. The molecule has 1 saturated heterocycles. The fraction of sp³-hybridized carbons (Fsp3) is 0.615. The van der Waals surface area contributed by atoms with E-state index in [1.165, 1.54) is 0 Å². The van der Waals surface area contributed by atoms with Gasteiger partial charge in [0.15, 0.2) is 0 Å². The Balaban J connectivity index is 2.09. The average molecular weight is 235 g/mol. The fourth-order valence-electron chi connectivity index (χ4n) is 2.14. The third kappa shape index (κ3) is 2.88. The Morgan fingerprint density at radius 1 is 1.53 bits per heavy atom. The minimum absolute atomic E-state index is 0.242. The van der Waals surface area contributed by atoms with Gasteiger partial charge in [-0.25, -0.2) is 4.98 Å². The van der Waals surface area contributed by atoms with Crippen LogP contribution in [0.2, 0.25) is 0 Å². The number of pyridine rings is 1. The number of aliphatic hydroxyl groups is 1. The lowest BCUT2D eigenvalue weighted by Gasteiger charge is -2.35. The summed E-state index contributed by atoms with van der Waals surface area (Å²) in [5, 5.41) is 13.1. The Morgan fingerprint density at radius 2 is 2.35 bits per heavy atom. The van der Waals surface area contributed by atoms with E-state index in [9.17, 15) is 5.11 Å². The van der Waals surface area contributed by atoms with Crippen molar-refractivity contribution in [3.8, 4) is 0 Å². The van der Waals surface area contributed by atoms with Crippen molar-refractivity contribution in [2.75, 3.05) is 29.9 Å². The zero-order chi connectivity index (χ0) is 12.3. The highest BCUT2D eigenvalue weighted by molar-refractivity contribution is 5.47. The molecule has 2 unspecified atom stereocenters. The van der Waals surface area contributed by atoms with Crippen LogP contribution in [0.25, 0.3) is 0 Å². The summed E-state index contributed by atoms with van der Waals surface area (Å²) < 4.78 is 0. The van der Waals surface area contributed by atoms with Gasteiger partial charge in [0.05, 0.1) is 6.10 Å². The molecule has 4 heteroatoms. The second-order valence-electron chi connectivity index (χ2n) is 4.69. The van der Waals surface area contributed by atoms with Crippen molar-refractivity contribution in [1.29, 1.82) is 0 Å². The van der Waals surface area contributed by atoms with Crippen LogP contribution < -0.4 is 10.2 Å². The van der Waals surface area contributed by atoms with Gasteiger partial charge >= 0.3 is 0 Å². The van der Waals surface area contributed by atoms with Crippen LogP contribution in [0, 0.1) is 5.92 Å². The standard InChI is InChI=1S/C13H21N3O/c1-3-14-12-5-4-6-13(15-12)16-8-7-10(2)11(17)9-16/h4-6,10-11,17H,3,7-9H2,1-2H3,(H,14,15). The summed E-state index contributed by atoms with van der Waals surface area (Å²) in [5.74, 6) is 2.25. The van der Waals surface area contributed by atoms with Crippen molar-refractivity contribution in [3.63, 3.8) is 0 Å². The van der Waals surface area contributed by atoms with E-state index in [1.54, 1.807) is 0 Å². The van der Waals surface area contributed by atoms with Crippen molar-refractivity contribution in [2.45, 2.75) is 26.4 Å². The third-order valence-corrected chi connectivity index (χ3v) is 3.33. The lowest BCUT2D eigenvalue weighted by Crippen LogP contribution is -2.43. The van der Waals surface area contributed by atoms with E-state index in [-0.39, 0.29) is 6.10 Å². The predicted octanol–water partition coefficient (Wildman–Crippen LogP) is 1.72. The maximum Gasteiger partial charge on any atom is 0.131 e. The second-order valence-corrected chi connectivity index (χ2v) is 4.69. The predicted molar refractivity (Wildman–Crippen MR) is 70.4 cm³/mol. The molecule has 2 rings (SSSR count). The summed E-state index contributed by atoms with van der Waals surface area (Å²) in [6.07, 6.45) is 0.780. The van der Waals surface area contributed by atoms with Gasteiger partial charge in [-0.3, -0.25) is 0 Å². The maximum absolute atomic E-state index is 9.90. The van der Waals surface area contributed by atoms with Gasteiger partial charge < -0.3 is 15.3 Å². The fourth-order valence-corrected chi connectivity index (χ4v) is 2.14. The van der Waals surface area contributed by atoms with Crippen LogP contribution in [0.3, 0.4) is 0 Å². The molecule has 1 aliphatic rings. The molecule has 1 aromatic heterocycles. The molecule has 0 aliphatic carbocycles. The Kier molecular flexibility index (Phi) is 3.84. The molecule has 2 N–H and O–H groups in total. The van der Waals surface area contributed by atoms with E-state index < -0.39 is 0 Å². The lowest BCUT2D eigenvalue weighted by molar-refractivity contribution is 0.102. The number of hydrogen-bond acceptors (Lipinski definition) is 4. The summed E-state index contributed by atoms with van der Waals surface area (Å²) in [6.45, 7) is 6.69. The number of nitrogens with zero attached hydrogens (tertiary/aromatic N) is 2. The lowest BCUT2D eigenvalue weighted by atomic mass is 9.96. The van der Waals surface area contributed by atoms with Crippen molar-refractivity contribution in [3.05, 3.63) is 18.2 Å². The molecule has 0 bridgehead atoms. The Hall–Kier alpha value is -1.29. The molecule has 2 heterocycles. The molecule has 0 saturated carbocycles. The number of aromatic nitrogens is 1.